The number of nitrogens with zero attached hydrogens (tertiary/aromatic N) is 3. The zero-order valence-electron chi connectivity index (χ0n) is 23.5. The number of fused-ring (bicyclic) bond motifs is 3. The minimum Gasteiger partial charge on any atom is -0.456 e. The van der Waals surface area contributed by atoms with E-state index in [1.54, 1.807) is 0 Å². The molecule has 6 aromatic carbocycles. The molecular formula is C39H24BrN3O. The molecule has 8 aromatic rings. The normalized spacial score (nSPS) is 11.3. The molecule has 0 saturated carbocycles. The molecule has 0 aliphatic carbocycles. The molecule has 0 unspecified atom stereocenters. The SMILES string of the molecule is Brc1ccc(-c2ccc(-c3cccc(-c4nc(-c5ccccc5)nc(-c5ccc6c(c5)oc5ccccc56)n4)c3)cc2)cc1. The molecular weight excluding hydrogens is 606 g/mol. The smallest absolute Gasteiger partial charge is 0.164 e. The highest BCUT2D eigenvalue weighted by Gasteiger charge is 2.15. The molecule has 2 aromatic heterocycles. The maximum absolute atomic E-state index is 6.18. The maximum atomic E-state index is 6.18. The monoisotopic (exact) mass is 629 g/mol. The average molecular weight is 631 g/mol. The topological polar surface area (TPSA) is 51.8 Å². The predicted octanol–water partition coefficient (Wildman–Crippen LogP) is 10.9. The van der Waals surface area contributed by atoms with Crippen LogP contribution < -0.4 is 0 Å². The van der Waals surface area contributed by atoms with Crippen LogP contribution in [0.25, 0.3) is 78.4 Å². The van der Waals surface area contributed by atoms with Gasteiger partial charge in [-0.15, -0.1) is 0 Å². The van der Waals surface area contributed by atoms with Crippen LogP contribution in [0.5, 0.6) is 0 Å². The van der Waals surface area contributed by atoms with Crippen molar-refractivity contribution in [3.8, 4) is 56.4 Å². The fraction of sp³-hybridized carbons (Fsp3) is 0. The summed E-state index contributed by atoms with van der Waals surface area (Å²) in [7, 11) is 0. The summed E-state index contributed by atoms with van der Waals surface area (Å²) in [6, 6.07) is 49.7. The van der Waals surface area contributed by atoms with Gasteiger partial charge in [-0.25, -0.2) is 15.0 Å². The molecule has 0 radical (unpaired) electrons. The van der Waals surface area contributed by atoms with Crippen LogP contribution in [0.3, 0.4) is 0 Å². The lowest BCUT2D eigenvalue weighted by Gasteiger charge is -2.10. The fourth-order valence-electron chi connectivity index (χ4n) is 5.55. The van der Waals surface area contributed by atoms with Gasteiger partial charge in [-0.2, -0.15) is 0 Å². The Hall–Kier alpha value is -5.39. The first-order valence-electron chi connectivity index (χ1n) is 14.4. The van der Waals surface area contributed by atoms with Crippen molar-refractivity contribution in [1.29, 1.82) is 0 Å². The van der Waals surface area contributed by atoms with Crippen molar-refractivity contribution in [3.63, 3.8) is 0 Å². The molecule has 8 rings (SSSR count). The quantitative estimate of drug-likeness (QED) is 0.190. The van der Waals surface area contributed by atoms with Gasteiger partial charge in [-0.05, 0) is 58.7 Å². The van der Waals surface area contributed by atoms with E-state index in [1.165, 1.54) is 11.1 Å². The largest absolute Gasteiger partial charge is 0.456 e. The summed E-state index contributed by atoms with van der Waals surface area (Å²) in [5.74, 6) is 1.84. The minimum atomic E-state index is 0.598. The Bertz CT molecular complexity index is 2280. The molecule has 208 valence electrons. The molecule has 4 nitrogen and oxygen atoms in total. The van der Waals surface area contributed by atoms with Crippen molar-refractivity contribution in [1.82, 2.24) is 15.0 Å². The minimum absolute atomic E-state index is 0.598. The molecule has 0 aliphatic heterocycles. The van der Waals surface area contributed by atoms with Crippen LogP contribution in [-0.4, -0.2) is 15.0 Å². The number of hydrogen-bond donors (Lipinski definition) is 0. The van der Waals surface area contributed by atoms with Crippen LogP contribution in [0.4, 0.5) is 0 Å². The summed E-state index contributed by atoms with van der Waals surface area (Å²) in [6.07, 6.45) is 0. The van der Waals surface area contributed by atoms with E-state index in [0.717, 1.165) is 54.2 Å². The lowest BCUT2D eigenvalue weighted by molar-refractivity contribution is 0.669. The maximum Gasteiger partial charge on any atom is 0.164 e. The van der Waals surface area contributed by atoms with Gasteiger partial charge < -0.3 is 4.42 Å². The standard InChI is InChI=1S/C39H24BrN3O/c40-32-20-17-26(18-21-32)25-13-15-27(16-14-25)29-9-6-10-30(23-29)38-41-37(28-7-2-1-3-8-28)42-39(43-38)31-19-22-34-33-11-4-5-12-35(33)44-36(34)24-31/h1-24H. The third-order valence-corrected chi connectivity index (χ3v) is 8.35. The number of para-hydroxylation sites is 1. The van der Waals surface area contributed by atoms with Crippen molar-refractivity contribution in [2.24, 2.45) is 0 Å². The first-order valence-corrected chi connectivity index (χ1v) is 15.2. The van der Waals surface area contributed by atoms with Gasteiger partial charge in [-0.1, -0.05) is 125 Å². The Morgan fingerprint density at radius 1 is 0.364 bits per heavy atom. The Morgan fingerprint density at radius 3 is 1.59 bits per heavy atom. The predicted molar refractivity (Wildman–Crippen MR) is 182 cm³/mol. The van der Waals surface area contributed by atoms with Crippen molar-refractivity contribution in [2.75, 3.05) is 0 Å². The molecule has 0 amide bonds. The second-order valence-electron chi connectivity index (χ2n) is 10.6. The Balaban J connectivity index is 1.21. The Morgan fingerprint density at radius 2 is 0.864 bits per heavy atom. The summed E-state index contributed by atoms with van der Waals surface area (Å²) >= 11 is 3.52. The van der Waals surface area contributed by atoms with Gasteiger partial charge in [-0.3, -0.25) is 0 Å². The van der Waals surface area contributed by atoms with E-state index in [4.69, 9.17) is 19.4 Å². The van der Waals surface area contributed by atoms with Crippen LogP contribution >= 0.6 is 15.9 Å². The molecule has 0 atom stereocenters. The number of benzene rings is 6. The molecule has 2 heterocycles. The average Bonchev–Trinajstić information content (AvgIpc) is 3.47. The Kier molecular flexibility index (Phi) is 6.58. The van der Waals surface area contributed by atoms with Crippen molar-refractivity contribution in [2.45, 2.75) is 0 Å². The van der Waals surface area contributed by atoms with E-state index >= 15 is 0 Å². The zero-order valence-corrected chi connectivity index (χ0v) is 25.1. The summed E-state index contributed by atoms with van der Waals surface area (Å²) in [4.78, 5) is 14.8. The number of rotatable bonds is 5. The number of halogens is 1. The highest BCUT2D eigenvalue weighted by Crippen LogP contribution is 2.33. The van der Waals surface area contributed by atoms with Crippen LogP contribution in [0.1, 0.15) is 0 Å². The summed E-state index contributed by atoms with van der Waals surface area (Å²) < 4.78 is 7.25. The molecule has 0 spiro atoms. The third-order valence-electron chi connectivity index (χ3n) is 7.82. The van der Waals surface area contributed by atoms with E-state index in [2.05, 4.69) is 107 Å². The van der Waals surface area contributed by atoms with E-state index in [0.29, 0.717) is 17.5 Å². The summed E-state index contributed by atoms with van der Waals surface area (Å²) in [6.45, 7) is 0. The number of furan rings is 1. The second-order valence-corrected chi connectivity index (χ2v) is 11.6. The van der Waals surface area contributed by atoms with Crippen LogP contribution in [0.2, 0.25) is 0 Å². The van der Waals surface area contributed by atoms with E-state index in [-0.39, 0.29) is 0 Å². The van der Waals surface area contributed by atoms with Crippen molar-refractivity contribution < 1.29 is 4.42 Å². The Labute approximate surface area is 262 Å². The lowest BCUT2D eigenvalue weighted by atomic mass is 9.99. The molecule has 0 saturated heterocycles. The van der Waals surface area contributed by atoms with Crippen LogP contribution in [-0.2, 0) is 0 Å². The van der Waals surface area contributed by atoms with Crippen LogP contribution in [0.15, 0.2) is 154 Å². The molecule has 5 heteroatoms. The fourth-order valence-corrected chi connectivity index (χ4v) is 5.82. The van der Waals surface area contributed by atoms with Gasteiger partial charge in [0.25, 0.3) is 0 Å². The van der Waals surface area contributed by atoms with E-state index in [1.807, 2.05) is 54.6 Å². The highest BCUT2D eigenvalue weighted by atomic mass is 79.9. The molecule has 0 fully saturated rings. The highest BCUT2D eigenvalue weighted by molar-refractivity contribution is 9.10. The van der Waals surface area contributed by atoms with Gasteiger partial charge in [0.05, 0.1) is 0 Å². The van der Waals surface area contributed by atoms with E-state index < -0.39 is 0 Å². The van der Waals surface area contributed by atoms with E-state index in [9.17, 15) is 0 Å². The third kappa shape index (κ3) is 4.97. The molecule has 0 N–H and O–H groups in total. The summed E-state index contributed by atoms with van der Waals surface area (Å²) in [5.41, 5.74) is 8.97. The zero-order chi connectivity index (χ0) is 29.5. The van der Waals surface area contributed by atoms with Crippen LogP contribution in [0, 0.1) is 0 Å². The van der Waals surface area contributed by atoms with Gasteiger partial charge >= 0.3 is 0 Å². The first kappa shape index (κ1) is 26.3. The molecule has 0 bridgehead atoms. The first-order chi connectivity index (χ1) is 21.7. The lowest BCUT2D eigenvalue weighted by Crippen LogP contribution is -2.00. The summed E-state index contributed by atoms with van der Waals surface area (Å²) in [5, 5.41) is 2.16. The molecule has 44 heavy (non-hydrogen) atoms. The van der Waals surface area contributed by atoms with Gasteiger partial charge in [0.2, 0.25) is 0 Å². The van der Waals surface area contributed by atoms with Crippen molar-refractivity contribution in [3.05, 3.63) is 150 Å². The number of aromatic nitrogens is 3. The van der Waals surface area contributed by atoms with Crippen molar-refractivity contribution >= 4 is 37.9 Å². The number of hydrogen-bond acceptors (Lipinski definition) is 4. The second kappa shape index (κ2) is 11.0. The van der Waals surface area contributed by atoms with Gasteiger partial charge in [0.1, 0.15) is 11.2 Å². The van der Waals surface area contributed by atoms with Gasteiger partial charge in [0, 0.05) is 31.9 Å². The van der Waals surface area contributed by atoms with Gasteiger partial charge in [0.15, 0.2) is 17.5 Å². The molecule has 0 aliphatic rings.